The Labute approximate surface area is 96.2 Å². The van der Waals surface area contributed by atoms with E-state index in [9.17, 15) is 4.79 Å². The highest BCUT2D eigenvalue weighted by Gasteiger charge is 2.18. The van der Waals surface area contributed by atoms with Crippen LogP contribution in [-0.4, -0.2) is 40.2 Å². The fourth-order valence-electron chi connectivity index (χ4n) is 1.72. The Kier molecular flexibility index (Phi) is 4.49. The Morgan fingerprint density at radius 3 is 2.69 bits per heavy atom. The van der Waals surface area contributed by atoms with Crippen LogP contribution in [0.15, 0.2) is 6.20 Å². The molecular weight excluding hydrogens is 204 g/mol. The normalized spacial score (nSPS) is 10.5. The number of hydrogen-bond donors (Lipinski definition) is 1. The molecule has 0 radical (unpaired) electrons. The van der Waals surface area contributed by atoms with Gasteiger partial charge in [-0.15, -0.1) is 0 Å². The smallest absolute Gasteiger partial charge is 0.257 e. The molecule has 0 aliphatic rings. The van der Waals surface area contributed by atoms with Crippen LogP contribution in [0, 0.1) is 6.92 Å². The summed E-state index contributed by atoms with van der Waals surface area (Å²) in [4.78, 5) is 14.0. The Bertz CT molecular complexity index is 353. The lowest BCUT2D eigenvalue weighted by atomic mass is 10.2. The molecule has 1 amide bonds. The standard InChI is InChI=1S/C11H20N4O/c1-4-6-15(7-5-12)11(16)10-8-14(3)13-9(10)2/h8H,4-7,12H2,1-3H3. The minimum absolute atomic E-state index is 0.0258. The van der Waals surface area contributed by atoms with E-state index in [0.717, 1.165) is 18.7 Å². The molecule has 1 aromatic heterocycles. The molecule has 1 aromatic rings. The van der Waals surface area contributed by atoms with Gasteiger partial charge in [-0.2, -0.15) is 5.10 Å². The summed E-state index contributed by atoms with van der Waals surface area (Å²) in [5.41, 5.74) is 6.94. The molecule has 90 valence electrons. The number of amides is 1. The van der Waals surface area contributed by atoms with Gasteiger partial charge < -0.3 is 10.6 Å². The molecule has 0 fully saturated rings. The second-order valence-corrected chi connectivity index (χ2v) is 3.88. The monoisotopic (exact) mass is 224 g/mol. The maximum Gasteiger partial charge on any atom is 0.257 e. The van der Waals surface area contributed by atoms with E-state index in [2.05, 4.69) is 5.10 Å². The molecule has 0 aromatic carbocycles. The predicted molar refractivity (Wildman–Crippen MR) is 63.2 cm³/mol. The molecule has 0 aliphatic carbocycles. The first-order valence-corrected chi connectivity index (χ1v) is 5.59. The van der Waals surface area contributed by atoms with Crippen molar-refractivity contribution in [2.45, 2.75) is 20.3 Å². The van der Waals surface area contributed by atoms with Gasteiger partial charge in [0, 0.05) is 32.9 Å². The van der Waals surface area contributed by atoms with Crippen molar-refractivity contribution in [1.82, 2.24) is 14.7 Å². The number of nitrogens with zero attached hydrogens (tertiary/aromatic N) is 3. The molecule has 0 saturated carbocycles. The number of aromatic nitrogens is 2. The highest BCUT2D eigenvalue weighted by atomic mass is 16.2. The first kappa shape index (κ1) is 12.7. The SMILES string of the molecule is CCCN(CCN)C(=O)c1cn(C)nc1C. The molecule has 5 nitrogen and oxygen atoms in total. The fourth-order valence-corrected chi connectivity index (χ4v) is 1.72. The lowest BCUT2D eigenvalue weighted by molar-refractivity contribution is 0.0759. The zero-order valence-electron chi connectivity index (χ0n) is 10.2. The predicted octanol–water partition coefficient (Wildman–Crippen LogP) is 0.539. The van der Waals surface area contributed by atoms with Gasteiger partial charge in [0.05, 0.1) is 11.3 Å². The summed E-state index contributed by atoms with van der Waals surface area (Å²) in [5.74, 6) is 0.0258. The minimum atomic E-state index is 0.0258. The molecule has 0 atom stereocenters. The van der Waals surface area contributed by atoms with E-state index in [4.69, 9.17) is 5.73 Å². The maximum atomic E-state index is 12.2. The number of rotatable bonds is 5. The summed E-state index contributed by atoms with van der Waals surface area (Å²) in [5, 5.41) is 4.17. The van der Waals surface area contributed by atoms with Crippen LogP contribution in [0.3, 0.4) is 0 Å². The van der Waals surface area contributed by atoms with Gasteiger partial charge >= 0.3 is 0 Å². The average molecular weight is 224 g/mol. The van der Waals surface area contributed by atoms with E-state index in [1.165, 1.54) is 0 Å². The summed E-state index contributed by atoms with van der Waals surface area (Å²) >= 11 is 0. The second kappa shape index (κ2) is 5.65. The molecule has 0 aliphatic heterocycles. The van der Waals surface area contributed by atoms with Gasteiger partial charge in [-0.1, -0.05) is 6.92 Å². The number of nitrogens with two attached hydrogens (primary N) is 1. The highest BCUT2D eigenvalue weighted by Crippen LogP contribution is 2.09. The van der Waals surface area contributed by atoms with Crippen LogP contribution in [0.25, 0.3) is 0 Å². The fraction of sp³-hybridized carbons (Fsp3) is 0.636. The van der Waals surface area contributed by atoms with E-state index in [-0.39, 0.29) is 5.91 Å². The van der Waals surface area contributed by atoms with Crippen molar-refractivity contribution in [1.29, 1.82) is 0 Å². The summed E-state index contributed by atoms with van der Waals surface area (Å²) in [6.45, 7) is 5.73. The van der Waals surface area contributed by atoms with Crippen molar-refractivity contribution in [2.75, 3.05) is 19.6 Å². The lowest BCUT2D eigenvalue weighted by Gasteiger charge is -2.20. The van der Waals surface area contributed by atoms with Crippen LogP contribution in [-0.2, 0) is 7.05 Å². The summed E-state index contributed by atoms with van der Waals surface area (Å²) < 4.78 is 1.66. The van der Waals surface area contributed by atoms with Crippen LogP contribution in [0.5, 0.6) is 0 Å². The van der Waals surface area contributed by atoms with E-state index >= 15 is 0 Å². The van der Waals surface area contributed by atoms with Gasteiger partial charge in [0.2, 0.25) is 0 Å². The first-order chi connectivity index (χ1) is 7.60. The molecular formula is C11H20N4O. The Morgan fingerprint density at radius 2 is 2.25 bits per heavy atom. The van der Waals surface area contributed by atoms with Gasteiger partial charge in [-0.05, 0) is 13.3 Å². The largest absolute Gasteiger partial charge is 0.337 e. The van der Waals surface area contributed by atoms with Gasteiger partial charge in [-0.25, -0.2) is 0 Å². The second-order valence-electron chi connectivity index (χ2n) is 3.88. The molecule has 2 N–H and O–H groups in total. The number of aryl methyl sites for hydroxylation is 2. The van der Waals surface area contributed by atoms with Crippen LogP contribution in [0.4, 0.5) is 0 Å². The Morgan fingerprint density at radius 1 is 1.56 bits per heavy atom. The van der Waals surface area contributed by atoms with Crippen LogP contribution < -0.4 is 5.73 Å². The molecule has 1 heterocycles. The van der Waals surface area contributed by atoms with E-state index in [1.807, 2.05) is 20.9 Å². The molecule has 1 rings (SSSR count). The molecule has 5 heteroatoms. The number of hydrogen-bond acceptors (Lipinski definition) is 3. The van der Waals surface area contributed by atoms with Crippen molar-refractivity contribution in [3.8, 4) is 0 Å². The summed E-state index contributed by atoms with van der Waals surface area (Å²) in [7, 11) is 1.82. The third-order valence-corrected chi connectivity index (χ3v) is 2.42. The third kappa shape index (κ3) is 2.82. The van der Waals surface area contributed by atoms with Gasteiger partial charge in [0.15, 0.2) is 0 Å². The summed E-state index contributed by atoms with van der Waals surface area (Å²) in [6.07, 6.45) is 2.70. The topological polar surface area (TPSA) is 64.2 Å². The van der Waals surface area contributed by atoms with E-state index in [1.54, 1.807) is 15.8 Å². The molecule has 0 unspecified atom stereocenters. The zero-order valence-corrected chi connectivity index (χ0v) is 10.2. The first-order valence-electron chi connectivity index (χ1n) is 5.59. The Hall–Kier alpha value is -1.36. The summed E-state index contributed by atoms with van der Waals surface area (Å²) in [6, 6.07) is 0. The Balaban J connectivity index is 2.85. The third-order valence-electron chi connectivity index (χ3n) is 2.42. The van der Waals surface area contributed by atoms with Gasteiger partial charge in [0.1, 0.15) is 0 Å². The van der Waals surface area contributed by atoms with Crippen molar-refractivity contribution in [3.05, 3.63) is 17.5 Å². The molecule has 0 spiro atoms. The van der Waals surface area contributed by atoms with E-state index < -0.39 is 0 Å². The quantitative estimate of drug-likeness (QED) is 0.794. The maximum absolute atomic E-state index is 12.2. The van der Waals surface area contributed by atoms with Gasteiger partial charge in [0.25, 0.3) is 5.91 Å². The van der Waals surface area contributed by atoms with Crippen molar-refractivity contribution in [3.63, 3.8) is 0 Å². The van der Waals surface area contributed by atoms with Crippen LogP contribution >= 0.6 is 0 Å². The zero-order chi connectivity index (χ0) is 12.1. The van der Waals surface area contributed by atoms with Crippen molar-refractivity contribution < 1.29 is 4.79 Å². The van der Waals surface area contributed by atoms with Gasteiger partial charge in [-0.3, -0.25) is 9.48 Å². The average Bonchev–Trinajstić information content (AvgIpc) is 2.56. The van der Waals surface area contributed by atoms with E-state index in [0.29, 0.717) is 18.7 Å². The van der Waals surface area contributed by atoms with Crippen LogP contribution in [0.2, 0.25) is 0 Å². The molecule has 0 bridgehead atoms. The molecule has 0 saturated heterocycles. The molecule has 16 heavy (non-hydrogen) atoms. The van der Waals surface area contributed by atoms with Crippen LogP contribution in [0.1, 0.15) is 29.4 Å². The van der Waals surface area contributed by atoms with Crippen molar-refractivity contribution >= 4 is 5.91 Å². The number of carbonyl (C=O) groups is 1. The minimum Gasteiger partial charge on any atom is -0.337 e. The number of carbonyl (C=O) groups excluding carboxylic acids is 1. The highest BCUT2D eigenvalue weighted by molar-refractivity contribution is 5.95. The van der Waals surface area contributed by atoms with Crippen molar-refractivity contribution in [2.24, 2.45) is 12.8 Å². The lowest BCUT2D eigenvalue weighted by Crippen LogP contribution is -2.36.